The summed E-state index contributed by atoms with van der Waals surface area (Å²) in [6.07, 6.45) is 1.20. The molecular formula is C19H33ClN2O3. The van der Waals surface area contributed by atoms with Gasteiger partial charge in [-0.25, -0.2) is 4.79 Å². The molecule has 0 spiro atoms. The molecular weight excluding hydrogens is 340 g/mol. The normalized spacial score (nSPS) is 13.1. The minimum Gasteiger partial charge on any atom is -0.410 e. The highest BCUT2D eigenvalue weighted by molar-refractivity contribution is 5.85. The van der Waals surface area contributed by atoms with Crippen LogP contribution in [0, 0.1) is 5.92 Å². The van der Waals surface area contributed by atoms with Crippen molar-refractivity contribution < 1.29 is 14.6 Å². The number of aliphatic hydroxyl groups is 1. The summed E-state index contributed by atoms with van der Waals surface area (Å²) in [7, 11) is 5.85. The van der Waals surface area contributed by atoms with E-state index >= 15 is 0 Å². The van der Waals surface area contributed by atoms with Crippen LogP contribution in [-0.2, 0) is 0 Å². The number of carbonyl (C=O) groups excluding carboxylic acids is 1. The van der Waals surface area contributed by atoms with E-state index < -0.39 is 6.09 Å². The van der Waals surface area contributed by atoms with Gasteiger partial charge < -0.3 is 19.6 Å². The number of amides is 1. The Hall–Kier alpha value is -1.30. The average molecular weight is 373 g/mol. The average Bonchev–Trinajstić information content (AvgIpc) is 2.52. The van der Waals surface area contributed by atoms with E-state index in [2.05, 4.69) is 38.9 Å². The Morgan fingerprint density at radius 3 is 2.52 bits per heavy atom. The lowest BCUT2D eigenvalue weighted by atomic mass is 9.85. The molecule has 0 fully saturated rings. The number of hydrogen-bond acceptors (Lipinski definition) is 4. The highest BCUT2D eigenvalue weighted by atomic mass is 35.5. The number of hydrogen-bond donors (Lipinski definition) is 1. The minimum absolute atomic E-state index is 0. The Balaban J connectivity index is 0.00000576. The van der Waals surface area contributed by atoms with Gasteiger partial charge in [-0.2, -0.15) is 0 Å². The second kappa shape index (κ2) is 12.1. The van der Waals surface area contributed by atoms with E-state index in [1.54, 1.807) is 7.05 Å². The molecule has 1 rings (SSSR count). The first-order valence-electron chi connectivity index (χ1n) is 8.67. The molecule has 1 N–H and O–H groups in total. The standard InChI is InChI=1S/C19H32N2O3.ClH/c1-6-18(15(2)14-20(3)4)16-9-7-10-17(13-16)24-19(23)21(5)11-8-12-22;/h7,9-10,13,15,18,22H,6,8,11-12,14H2,1-5H3;1H/t15-,18+;/m0./s1. The van der Waals surface area contributed by atoms with Crippen molar-refractivity contribution in [1.29, 1.82) is 0 Å². The summed E-state index contributed by atoms with van der Waals surface area (Å²) in [4.78, 5) is 15.7. The molecule has 5 nitrogen and oxygen atoms in total. The van der Waals surface area contributed by atoms with E-state index in [0.29, 0.717) is 30.6 Å². The third-order valence-electron chi connectivity index (χ3n) is 4.23. The van der Waals surface area contributed by atoms with E-state index in [0.717, 1.165) is 13.0 Å². The lowest BCUT2D eigenvalue weighted by Crippen LogP contribution is -2.31. The number of aliphatic hydroxyl groups excluding tert-OH is 1. The number of ether oxygens (including phenoxy) is 1. The van der Waals surface area contributed by atoms with Gasteiger partial charge in [0.25, 0.3) is 0 Å². The summed E-state index contributed by atoms with van der Waals surface area (Å²) in [6.45, 7) is 6.02. The highest BCUT2D eigenvalue weighted by Crippen LogP contribution is 2.30. The number of halogens is 1. The smallest absolute Gasteiger partial charge is 0.410 e. The van der Waals surface area contributed by atoms with Gasteiger partial charge in [0.15, 0.2) is 0 Å². The molecule has 1 aromatic carbocycles. The summed E-state index contributed by atoms with van der Waals surface area (Å²) < 4.78 is 5.46. The van der Waals surface area contributed by atoms with Crippen LogP contribution >= 0.6 is 12.4 Å². The van der Waals surface area contributed by atoms with Gasteiger partial charge in [0.2, 0.25) is 0 Å². The van der Waals surface area contributed by atoms with Crippen LogP contribution in [0.25, 0.3) is 0 Å². The van der Waals surface area contributed by atoms with E-state index in [9.17, 15) is 4.79 Å². The van der Waals surface area contributed by atoms with Crippen molar-refractivity contribution in [3.05, 3.63) is 29.8 Å². The quantitative estimate of drug-likeness (QED) is 0.719. The predicted octanol–water partition coefficient (Wildman–Crippen LogP) is 3.61. The number of carbonyl (C=O) groups is 1. The number of rotatable bonds is 9. The number of nitrogens with zero attached hydrogens (tertiary/aromatic N) is 2. The molecule has 1 aromatic rings. The predicted molar refractivity (Wildman–Crippen MR) is 105 cm³/mol. The molecule has 0 aliphatic carbocycles. The van der Waals surface area contributed by atoms with Gasteiger partial charge in [0, 0.05) is 26.7 Å². The zero-order valence-corrected chi connectivity index (χ0v) is 16.9. The molecule has 6 heteroatoms. The van der Waals surface area contributed by atoms with Crippen molar-refractivity contribution in [3.8, 4) is 5.75 Å². The maximum Gasteiger partial charge on any atom is 0.414 e. The summed E-state index contributed by atoms with van der Waals surface area (Å²) >= 11 is 0. The summed E-state index contributed by atoms with van der Waals surface area (Å²) in [5, 5.41) is 8.84. The van der Waals surface area contributed by atoms with Gasteiger partial charge in [0.05, 0.1) is 0 Å². The van der Waals surface area contributed by atoms with Crippen molar-refractivity contribution >= 4 is 18.5 Å². The first kappa shape index (κ1) is 23.7. The second-order valence-corrected chi connectivity index (χ2v) is 6.69. The fraction of sp³-hybridized carbons (Fsp3) is 0.632. The molecule has 0 saturated heterocycles. The van der Waals surface area contributed by atoms with Crippen LogP contribution in [0.4, 0.5) is 4.79 Å². The van der Waals surface area contributed by atoms with Crippen LogP contribution in [0.5, 0.6) is 5.75 Å². The molecule has 0 aliphatic heterocycles. The fourth-order valence-electron chi connectivity index (χ4n) is 3.06. The zero-order chi connectivity index (χ0) is 18.1. The molecule has 0 heterocycles. The van der Waals surface area contributed by atoms with Crippen LogP contribution < -0.4 is 4.74 Å². The summed E-state index contributed by atoms with van der Waals surface area (Å²) in [5.74, 6) is 1.52. The van der Waals surface area contributed by atoms with E-state index in [-0.39, 0.29) is 19.0 Å². The second-order valence-electron chi connectivity index (χ2n) is 6.69. The maximum absolute atomic E-state index is 12.1. The van der Waals surface area contributed by atoms with E-state index in [1.807, 2.05) is 18.2 Å². The Labute approximate surface area is 158 Å². The lowest BCUT2D eigenvalue weighted by molar-refractivity contribution is 0.158. The molecule has 0 aromatic heterocycles. The van der Waals surface area contributed by atoms with E-state index in [4.69, 9.17) is 9.84 Å². The van der Waals surface area contributed by atoms with Crippen LogP contribution in [-0.4, -0.2) is 61.8 Å². The Kier molecular flexibility index (Phi) is 11.5. The van der Waals surface area contributed by atoms with Crippen LogP contribution in [0.3, 0.4) is 0 Å². The fourth-order valence-corrected chi connectivity index (χ4v) is 3.06. The van der Waals surface area contributed by atoms with Crippen LogP contribution in [0.15, 0.2) is 24.3 Å². The molecule has 0 saturated carbocycles. The molecule has 2 atom stereocenters. The molecule has 0 radical (unpaired) electrons. The van der Waals surface area contributed by atoms with Crippen LogP contribution in [0.1, 0.15) is 38.2 Å². The Morgan fingerprint density at radius 2 is 1.96 bits per heavy atom. The lowest BCUT2D eigenvalue weighted by Gasteiger charge is -2.26. The topological polar surface area (TPSA) is 53.0 Å². The highest BCUT2D eigenvalue weighted by Gasteiger charge is 2.19. The first-order valence-corrected chi connectivity index (χ1v) is 8.67. The molecule has 0 bridgehead atoms. The van der Waals surface area contributed by atoms with Gasteiger partial charge in [-0.15, -0.1) is 12.4 Å². The molecule has 25 heavy (non-hydrogen) atoms. The first-order chi connectivity index (χ1) is 11.4. The van der Waals surface area contributed by atoms with Crippen molar-refractivity contribution in [2.24, 2.45) is 5.92 Å². The van der Waals surface area contributed by atoms with Gasteiger partial charge in [0.1, 0.15) is 5.75 Å². The summed E-state index contributed by atoms with van der Waals surface area (Å²) in [5.41, 5.74) is 1.20. The van der Waals surface area contributed by atoms with Crippen LogP contribution in [0.2, 0.25) is 0 Å². The Bertz CT molecular complexity index is 511. The monoisotopic (exact) mass is 372 g/mol. The summed E-state index contributed by atoms with van der Waals surface area (Å²) in [6, 6.07) is 7.83. The van der Waals surface area contributed by atoms with E-state index in [1.165, 1.54) is 10.5 Å². The zero-order valence-electron chi connectivity index (χ0n) is 16.1. The molecule has 0 aliphatic rings. The maximum atomic E-state index is 12.1. The third-order valence-corrected chi connectivity index (χ3v) is 4.23. The van der Waals surface area contributed by atoms with Gasteiger partial charge >= 0.3 is 6.09 Å². The number of benzene rings is 1. The molecule has 1 amide bonds. The third kappa shape index (κ3) is 8.08. The van der Waals surface area contributed by atoms with Gasteiger partial charge in [-0.3, -0.25) is 0 Å². The largest absolute Gasteiger partial charge is 0.414 e. The van der Waals surface area contributed by atoms with Crippen molar-refractivity contribution in [1.82, 2.24) is 9.80 Å². The van der Waals surface area contributed by atoms with Crippen molar-refractivity contribution in [2.45, 2.75) is 32.6 Å². The molecule has 144 valence electrons. The van der Waals surface area contributed by atoms with Crippen molar-refractivity contribution in [3.63, 3.8) is 0 Å². The molecule has 0 unspecified atom stereocenters. The van der Waals surface area contributed by atoms with Crippen molar-refractivity contribution in [2.75, 3.05) is 40.8 Å². The minimum atomic E-state index is -0.394. The van der Waals surface area contributed by atoms with Gasteiger partial charge in [-0.05, 0) is 56.5 Å². The Morgan fingerprint density at radius 1 is 1.28 bits per heavy atom. The SMILES string of the molecule is CC[C@@H](c1cccc(OC(=O)N(C)CCCO)c1)[C@@H](C)CN(C)C.Cl. The van der Waals surface area contributed by atoms with Gasteiger partial charge in [-0.1, -0.05) is 26.0 Å².